The van der Waals surface area contributed by atoms with Gasteiger partial charge in [0.15, 0.2) is 0 Å². The number of aliphatic hydroxyl groups excluding tert-OH is 1. The summed E-state index contributed by atoms with van der Waals surface area (Å²) in [4.78, 5) is 2.37. The zero-order valence-electron chi connectivity index (χ0n) is 11.8. The van der Waals surface area contributed by atoms with E-state index >= 15 is 0 Å². The largest absolute Gasteiger partial charge is 0.393 e. The SMILES string of the molecule is CC(O)C1CCN(Cc2ccn(-c3ccccc3)n2)C1. The van der Waals surface area contributed by atoms with Crippen molar-refractivity contribution in [2.24, 2.45) is 5.92 Å². The number of rotatable bonds is 4. The van der Waals surface area contributed by atoms with Gasteiger partial charge in [-0.3, -0.25) is 4.90 Å². The smallest absolute Gasteiger partial charge is 0.0769 e. The van der Waals surface area contributed by atoms with E-state index in [-0.39, 0.29) is 6.10 Å². The monoisotopic (exact) mass is 271 g/mol. The molecule has 3 rings (SSSR count). The second-order valence-electron chi connectivity index (χ2n) is 5.61. The molecule has 2 heterocycles. The van der Waals surface area contributed by atoms with E-state index in [1.807, 2.05) is 36.0 Å². The highest BCUT2D eigenvalue weighted by molar-refractivity contribution is 5.30. The number of hydrogen-bond acceptors (Lipinski definition) is 3. The van der Waals surface area contributed by atoms with E-state index in [0.29, 0.717) is 5.92 Å². The van der Waals surface area contributed by atoms with Crippen molar-refractivity contribution >= 4 is 0 Å². The number of aliphatic hydroxyl groups is 1. The van der Waals surface area contributed by atoms with Gasteiger partial charge in [-0.25, -0.2) is 4.68 Å². The molecule has 1 aliphatic rings. The molecule has 1 N–H and O–H groups in total. The number of para-hydroxylation sites is 1. The molecular formula is C16H21N3O. The third kappa shape index (κ3) is 2.92. The van der Waals surface area contributed by atoms with Crippen LogP contribution in [0.3, 0.4) is 0 Å². The zero-order chi connectivity index (χ0) is 13.9. The molecule has 1 aliphatic heterocycles. The van der Waals surface area contributed by atoms with Crippen LogP contribution in [0.15, 0.2) is 42.6 Å². The maximum absolute atomic E-state index is 9.64. The third-order valence-electron chi connectivity index (χ3n) is 4.04. The van der Waals surface area contributed by atoms with Crippen molar-refractivity contribution in [1.82, 2.24) is 14.7 Å². The summed E-state index contributed by atoms with van der Waals surface area (Å²) in [6, 6.07) is 12.2. The molecule has 2 unspecified atom stereocenters. The van der Waals surface area contributed by atoms with Crippen LogP contribution in [0.25, 0.3) is 5.69 Å². The summed E-state index contributed by atoms with van der Waals surface area (Å²) >= 11 is 0. The van der Waals surface area contributed by atoms with E-state index in [2.05, 4.69) is 28.2 Å². The highest BCUT2D eigenvalue weighted by Crippen LogP contribution is 2.21. The minimum Gasteiger partial charge on any atom is -0.393 e. The van der Waals surface area contributed by atoms with Crippen LogP contribution in [0.2, 0.25) is 0 Å². The van der Waals surface area contributed by atoms with Gasteiger partial charge < -0.3 is 5.11 Å². The van der Waals surface area contributed by atoms with E-state index < -0.39 is 0 Å². The summed E-state index contributed by atoms with van der Waals surface area (Å²) in [6.45, 7) is 4.77. The fraction of sp³-hybridized carbons (Fsp3) is 0.438. The van der Waals surface area contributed by atoms with Gasteiger partial charge in [0, 0.05) is 19.3 Å². The molecule has 0 saturated carbocycles. The van der Waals surface area contributed by atoms with Crippen molar-refractivity contribution in [2.75, 3.05) is 13.1 Å². The van der Waals surface area contributed by atoms with Crippen LogP contribution in [0, 0.1) is 5.92 Å². The molecule has 0 radical (unpaired) electrons. The first-order valence-corrected chi connectivity index (χ1v) is 7.23. The van der Waals surface area contributed by atoms with Gasteiger partial charge in [-0.1, -0.05) is 18.2 Å². The van der Waals surface area contributed by atoms with Gasteiger partial charge in [0.05, 0.1) is 17.5 Å². The van der Waals surface area contributed by atoms with Crippen LogP contribution < -0.4 is 0 Å². The number of nitrogens with zero attached hydrogens (tertiary/aromatic N) is 3. The molecule has 2 aromatic rings. The van der Waals surface area contributed by atoms with Crippen molar-refractivity contribution in [3.05, 3.63) is 48.3 Å². The van der Waals surface area contributed by atoms with Crippen molar-refractivity contribution in [1.29, 1.82) is 0 Å². The quantitative estimate of drug-likeness (QED) is 0.925. The van der Waals surface area contributed by atoms with E-state index in [0.717, 1.165) is 37.4 Å². The minimum absolute atomic E-state index is 0.207. The molecule has 106 valence electrons. The molecule has 1 aromatic heterocycles. The van der Waals surface area contributed by atoms with E-state index in [4.69, 9.17) is 0 Å². The van der Waals surface area contributed by atoms with Gasteiger partial charge >= 0.3 is 0 Å². The first-order valence-electron chi connectivity index (χ1n) is 7.23. The van der Waals surface area contributed by atoms with Gasteiger partial charge in [0.1, 0.15) is 0 Å². The van der Waals surface area contributed by atoms with Gasteiger partial charge in [-0.2, -0.15) is 5.10 Å². The topological polar surface area (TPSA) is 41.3 Å². The molecule has 2 atom stereocenters. The maximum Gasteiger partial charge on any atom is 0.0769 e. The molecule has 1 aromatic carbocycles. The molecule has 0 aliphatic carbocycles. The van der Waals surface area contributed by atoms with Crippen LogP contribution in [-0.2, 0) is 6.54 Å². The highest BCUT2D eigenvalue weighted by atomic mass is 16.3. The highest BCUT2D eigenvalue weighted by Gasteiger charge is 2.26. The van der Waals surface area contributed by atoms with Gasteiger partial charge in [-0.15, -0.1) is 0 Å². The zero-order valence-corrected chi connectivity index (χ0v) is 11.8. The third-order valence-corrected chi connectivity index (χ3v) is 4.04. The Morgan fingerprint density at radius 3 is 2.80 bits per heavy atom. The van der Waals surface area contributed by atoms with Gasteiger partial charge in [0.2, 0.25) is 0 Å². The second-order valence-corrected chi connectivity index (χ2v) is 5.61. The molecule has 4 heteroatoms. The van der Waals surface area contributed by atoms with Crippen LogP contribution in [0.5, 0.6) is 0 Å². The van der Waals surface area contributed by atoms with Crippen LogP contribution in [0.4, 0.5) is 0 Å². The number of hydrogen-bond donors (Lipinski definition) is 1. The summed E-state index contributed by atoms with van der Waals surface area (Å²) in [5.41, 5.74) is 2.17. The standard InChI is InChI=1S/C16H21N3O/c1-13(20)14-7-9-18(11-14)12-15-8-10-19(17-15)16-5-3-2-4-6-16/h2-6,8,10,13-14,20H,7,9,11-12H2,1H3. The summed E-state index contributed by atoms with van der Waals surface area (Å²) in [5.74, 6) is 0.409. The first kappa shape index (κ1) is 13.3. The molecule has 0 bridgehead atoms. The lowest BCUT2D eigenvalue weighted by molar-refractivity contribution is 0.127. The Balaban J connectivity index is 1.64. The summed E-state index contributed by atoms with van der Waals surface area (Å²) in [6.07, 6.45) is 2.88. The molecule has 1 fully saturated rings. The Labute approximate surface area is 119 Å². The summed E-state index contributed by atoms with van der Waals surface area (Å²) in [5, 5.41) is 14.3. The average Bonchev–Trinajstić information content (AvgIpc) is 3.10. The maximum atomic E-state index is 9.64. The van der Waals surface area contributed by atoms with Crippen LogP contribution in [0.1, 0.15) is 19.0 Å². The number of likely N-dealkylation sites (tertiary alicyclic amines) is 1. The molecule has 4 nitrogen and oxygen atoms in total. The summed E-state index contributed by atoms with van der Waals surface area (Å²) in [7, 11) is 0. The van der Waals surface area contributed by atoms with E-state index in [1.165, 1.54) is 0 Å². The van der Waals surface area contributed by atoms with Gasteiger partial charge in [-0.05, 0) is 44.0 Å². The van der Waals surface area contributed by atoms with Gasteiger partial charge in [0.25, 0.3) is 0 Å². The van der Waals surface area contributed by atoms with Crippen molar-refractivity contribution in [2.45, 2.75) is 26.0 Å². The second kappa shape index (κ2) is 5.77. The fourth-order valence-electron chi connectivity index (χ4n) is 2.80. The normalized spacial score (nSPS) is 21.2. The fourth-order valence-corrected chi connectivity index (χ4v) is 2.80. The number of aromatic nitrogens is 2. The Kier molecular flexibility index (Phi) is 3.85. The molecule has 0 amide bonds. The van der Waals surface area contributed by atoms with E-state index in [1.54, 1.807) is 0 Å². The Morgan fingerprint density at radius 2 is 2.10 bits per heavy atom. The lowest BCUT2D eigenvalue weighted by Crippen LogP contribution is -2.24. The Bertz CT molecular complexity index is 550. The van der Waals surface area contributed by atoms with Crippen LogP contribution >= 0.6 is 0 Å². The van der Waals surface area contributed by atoms with Crippen molar-refractivity contribution < 1.29 is 5.11 Å². The molecule has 0 spiro atoms. The molecule has 20 heavy (non-hydrogen) atoms. The lowest BCUT2D eigenvalue weighted by Gasteiger charge is -2.16. The van der Waals surface area contributed by atoms with Crippen LogP contribution in [-0.4, -0.2) is 39.0 Å². The molecule has 1 saturated heterocycles. The first-order chi connectivity index (χ1) is 9.72. The average molecular weight is 271 g/mol. The van der Waals surface area contributed by atoms with E-state index in [9.17, 15) is 5.11 Å². The van der Waals surface area contributed by atoms with Crippen molar-refractivity contribution in [3.8, 4) is 5.69 Å². The molecular weight excluding hydrogens is 250 g/mol. The lowest BCUT2D eigenvalue weighted by atomic mass is 10.0. The van der Waals surface area contributed by atoms with Crippen molar-refractivity contribution in [3.63, 3.8) is 0 Å². The Morgan fingerprint density at radius 1 is 1.30 bits per heavy atom. The number of benzene rings is 1. The summed E-state index contributed by atoms with van der Waals surface area (Å²) < 4.78 is 1.91. The Hall–Kier alpha value is -1.65. The predicted molar refractivity (Wildman–Crippen MR) is 78.6 cm³/mol. The minimum atomic E-state index is -0.207. The predicted octanol–water partition coefficient (Wildman–Crippen LogP) is 2.08.